The molecule has 3 rings (SSSR count). The highest BCUT2D eigenvalue weighted by Gasteiger charge is 2.32. The first-order valence-electron chi connectivity index (χ1n) is 9.68. The van der Waals surface area contributed by atoms with Gasteiger partial charge in [-0.1, -0.05) is 12.1 Å². The molecule has 3 N–H and O–H groups in total. The summed E-state index contributed by atoms with van der Waals surface area (Å²) in [5.74, 6) is -0.219. The van der Waals surface area contributed by atoms with Crippen LogP contribution in [0.2, 0.25) is 0 Å². The number of amides is 3. The van der Waals surface area contributed by atoms with Crippen molar-refractivity contribution in [2.75, 3.05) is 41.8 Å². The number of halogens is 3. The van der Waals surface area contributed by atoms with Crippen LogP contribution in [0.1, 0.15) is 18.1 Å². The van der Waals surface area contributed by atoms with Crippen LogP contribution in [0.25, 0.3) is 0 Å². The molecule has 31 heavy (non-hydrogen) atoms. The van der Waals surface area contributed by atoms with Crippen molar-refractivity contribution in [2.45, 2.75) is 19.6 Å². The minimum Gasteiger partial charge on any atom is -0.378 e. The Morgan fingerprint density at radius 2 is 1.81 bits per heavy atom. The fourth-order valence-electron chi connectivity index (χ4n) is 3.20. The fourth-order valence-corrected chi connectivity index (χ4v) is 3.20. The average molecular weight is 436 g/mol. The Bertz CT molecular complexity index is 944. The lowest BCUT2D eigenvalue weighted by Crippen LogP contribution is -2.37. The van der Waals surface area contributed by atoms with Gasteiger partial charge in [0.05, 0.1) is 30.2 Å². The standard InChI is InChI=1S/C21H23F3N4O3/c1-14(29)26-17-4-2-3-15(11-17)13-25-20(30)27-18-12-16(21(22,23)24)5-6-19(18)28-7-9-31-10-8-28/h2-6,11-12H,7-10,13H2,1H3,(H,26,29)(H2,25,27,30). The van der Waals surface area contributed by atoms with Crippen LogP contribution in [0.15, 0.2) is 42.5 Å². The van der Waals surface area contributed by atoms with E-state index in [1.165, 1.54) is 13.0 Å². The van der Waals surface area contributed by atoms with Gasteiger partial charge in [0.25, 0.3) is 0 Å². The highest BCUT2D eigenvalue weighted by atomic mass is 19.4. The van der Waals surface area contributed by atoms with Crippen LogP contribution in [-0.4, -0.2) is 38.2 Å². The Morgan fingerprint density at radius 1 is 1.06 bits per heavy atom. The lowest BCUT2D eigenvalue weighted by atomic mass is 10.1. The fraction of sp³-hybridized carbons (Fsp3) is 0.333. The number of carbonyl (C=O) groups is 2. The van der Waals surface area contributed by atoms with Crippen molar-refractivity contribution < 1.29 is 27.5 Å². The molecular weight excluding hydrogens is 413 g/mol. The third-order valence-corrected chi connectivity index (χ3v) is 4.62. The van der Waals surface area contributed by atoms with E-state index in [0.717, 1.165) is 17.7 Å². The molecule has 1 heterocycles. The first kappa shape index (κ1) is 22.4. The molecule has 0 spiro atoms. The summed E-state index contributed by atoms with van der Waals surface area (Å²) < 4.78 is 44.8. The summed E-state index contributed by atoms with van der Waals surface area (Å²) in [6.45, 7) is 3.45. The second-order valence-electron chi connectivity index (χ2n) is 7.02. The molecule has 2 aromatic rings. The van der Waals surface area contributed by atoms with Gasteiger partial charge in [0.2, 0.25) is 5.91 Å². The van der Waals surface area contributed by atoms with E-state index in [-0.39, 0.29) is 18.1 Å². The summed E-state index contributed by atoms with van der Waals surface area (Å²) in [4.78, 5) is 25.5. The molecule has 7 nitrogen and oxygen atoms in total. The molecule has 0 aliphatic carbocycles. The Hall–Kier alpha value is -3.27. The quantitative estimate of drug-likeness (QED) is 0.666. The van der Waals surface area contributed by atoms with E-state index in [0.29, 0.717) is 37.7 Å². The van der Waals surface area contributed by atoms with Crippen molar-refractivity contribution in [1.82, 2.24) is 5.32 Å². The van der Waals surface area contributed by atoms with Gasteiger partial charge >= 0.3 is 12.2 Å². The highest BCUT2D eigenvalue weighted by molar-refractivity contribution is 5.93. The van der Waals surface area contributed by atoms with Crippen molar-refractivity contribution in [3.05, 3.63) is 53.6 Å². The molecule has 0 bridgehead atoms. The van der Waals surface area contributed by atoms with E-state index in [1.807, 2.05) is 4.90 Å². The Kier molecular flexibility index (Phi) is 7.01. The van der Waals surface area contributed by atoms with E-state index >= 15 is 0 Å². The Labute approximate surface area is 177 Å². The summed E-state index contributed by atoms with van der Waals surface area (Å²) in [6, 6.07) is 9.55. The number of hydrogen-bond acceptors (Lipinski definition) is 4. The number of morpholine rings is 1. The van der Waals surface area contributed by atoms with E-state index in [9.17, 15) is 22.8 Å². The predicted octanol–water partition coefficient (Wildman–Crippen LogP) is 3.82. The molecule has 0 aromatic heterocycles. The summed E-state index contributed by atoms with van der Waals surface area (Å²) in [5.41, 5.74) is 1.03. The van der Waals surface area contributed by atoms with Crippen molar-refractivity contribution in [3.63, 3.8) is 0 Å². The number of hydrogen-bond donors (Lipinski definition) is 3. The maximum Gasteiger partial charge on any atom is 0.416 e. The van der Waals surface area contributed by atoms with Gasteiger partial charge in [0, 0.05) is 32.2 Å². The molecule has 1 fully saturated rings. The maximum absolute atomic E-state index is 13.2. The molecule has 1 saturated heterocycles. The number of carbonyl (C=O) groups excluding carboxylic acids is 2. The zero-order valence-corrected chi connectivity index (χ0v) is 16.9. The molecular formula is C21H23F3N4O3. The molecule has 0 saturated carbocycles. The summed E-state index contributed by atoms with van der Waals surface area (Å²) in [7, 11) is 0. The molecule has 3 amide bonds. The molecule has 1 aliphatic heterocycles. The van der Waals surface area contributed by atoms with Gasteiger partial charge in [-0.25, -0.2) is 4.79 Å². The van der Waals surface area contributed by atoms with Gasteiger partial charge in [-0.3, -0.25) is 4.79 Å². The highest BCUT2D eigenvalue weighted by Crippen LogP contribution is 2.35. The third-order valence-electron chi connectivity index (χ3n) is 4.62. The topological polar surface area (TPSA) is 82.7 Å². The van der Waals surface area contributed by atoms with Crippen LogP contribution in [0.5, 0.6) is 0 Å². The molecule has 1 aliphatic rings. The minimum atomic E-state index is -4.53. The minimum absolute atomic E-state index is 0.0706. The normalized spacial score (nSPS) is 14.1. The van der Waals surface area contributed by atoms with Crippen LogP contribution in [0.3, 0.4) is 0 Å². The molecule has 0 atom stereocenters. The van der Waals surface area contributed by atoms with Crippen molar-refractivity contribution >= 4 is 29.0 Å². The molecule has 0 radical (unpaired) electrons. The number of urea groups is 1. The Morgan fingerprint density at radius 3 is 2.48 bits per heavy atom. The van der Waals surface area contributed by atoms with E-state index in [4.69, 9.17) is 4.74 Å². The second kappa shape index (κ2) is 9.69. The average Bonchev–Trinajstić information content (AvgIpc) is 2.72. The lowest BCUT2D eigenvalue weighted by Gasteiger charge is -2.31. The van der Waals surface area contributed by atoms with E-state index in [1.54, 1.807) is 24.3 Å². The van der Waals surface area contributed by atoms with Crippen LogP contribution < -0.4 is 20.9 Å². The molecule has 166 valence electrons. The summed E-state index contributed by atoms with van der Waals surface area (Å²) >= 11 is 0. The van der Waals surface area contributed by atoms with Crippen molar-refractivity contribution in [3.8, 4) is 0 Å². The number of benzene rings is 2. The zero-order valence-electron chi connectivity index (χ0n) is 16.9. The smallest absolute Gasteiger partial charge is 0.378 e. The first-order chi connectivity index (χ1) is 14.7. The number of alkyl halides is 3. The number of rotatable bonds is 5. The van der Waals surface area contributed by atoms with Gasteiger partial charge in [-0.15, -0.1) is 0 Å². The number of anilines is 3. The van der Waals surface area contributed by atoms with Crippen LogP contribution in [0.4, 0.5) is 35.0 Å². The van der Waals surface area contributed by atoms with Crippen LogP contribution in [0, 0.1) is 0 Å². The lowest BCUT2D eigenvalue weighted by molar-refractivity contribution is -0.137. The largest absolute Gasteiger partial charge is 0.416 e. The van der Waals surface area contributed by atoms with Gasteiger partial charge in [0.15, 0.2) is 0 Å². The van der Waals surface area contributed by atoms with E-state index in [2.05, 4.69) is 16.0 Å². The van der Waals surface area contributed by atoms with Gasteiger partial charge in [-0.05, 0) is 35.9 Å². The first-order valence-corrected chi connectivity index (χ1v) is 9.68. The van der Waals surface area contributed by atoms with Gasteiger partial charge in [-0.2, -0.15) is 13.2 Å². The van der Waals surface area contributed by atoms with Crippen molar-refractivity contribution in [2.24, 2.45) is 0 Å². The third kappa shape index (κ3) is 6.35. The SMILES string of the molecule is CC(=O)Nc1cccc(CNC(=O)Nc2cc(C(F)(F)F)ccc2N2CCOCC2)c1. The number of ether oxygens (including phenoxy) is 1. The van der Waals surface area contributed by atoms with Gasteiger partial charge < -0.3 is 25.6 Å². The molecule has 2 aromatic carbocycles. The maximum atomic E-state index is 13.2. The number of nitrogens with one attached hydrogen (secondary N) is 3. The predicted molar refractivity (Wildman–Crippen MR) is 111 cm³/mol. The zero-order chi connectivity index (χ0) is 22.4. The monoisotopic (exact) mass is 436 g/mol. The van der Waals surface area contributed by atoms with Crippen LogP contribution in [-0.2, 0) is 22.3 Å². The van der Waals surface area contributed by atoms with Gasteiger partial charge in [0.1, 0.15) is 0 Å². The van der Waals surface area contributed by atoms with Crippen molar-refractivity contribution in [1.29, 1.82) is 0 Å². The second-order valence-corrected chi connectivity index (χ2v) is 7.02. The molecule has 10 heteroatoms. The summed E-state index contributed by atoms with van der Waals surface area (Å²) in [5, 5.41) is 7.81. The number of nitrogens with zero attached hydrogens (tertiary/aromatic N) is 1. The van der Waals surface area contributed by atoms with Crippen LogP contribution >= 0.6 is 0 Å². The Balaban J connectivity index is 1.72. The molecule has 0 unspecified atom stereocenters. The van der Waals surface area contributed by atoms with E-state index < -0.39 is 17.8 Å². The summed E-state index contributed by atoms with van der Waals surface area (Å²) in [6.07, 6.45) is -4.53.